The van der Waals surface area contributed by atoms with E-state index in [4.69, 9.17) is 9.73 Å². The van der Waals surface area contributed by atoms with Crippen LogP contribution in [0.15, 0.2) is 89.9 Å². The molecule has 1 aliphatic carbocycles. The van der Waals surface area contributed by atoms with Crippen LogP contribution in [0.25, 0.3) is 0 Å². The maximum atomic E-state index is 14.1. The van der Waals surface area contributed by atoms with E-state index in [2.05, 4.69) is 5.32 Å². The number of alkyl carbamates (subject to hydrolysis) is 1. The molecule has 1 heterocycles. The first-order valence-corrected chi connectivity index (χ1v) is 14.4. The lowest BCUT2D eigenvalue weighted by Gasteiger charge is -2.37. The van der Waals surface area contributed by atoms with Gasteiger partial charge in [-0.1, -0.05) is 112 Å². The summed E-state index contributed by atoms with van der Waals surface area (Å²) in [4.78, 5) is 47.2. The number of benzene rings is 3. The minimum atomic E-state index is -1.27. The van der Waals surface area contributed by atoms with E-state index in [9.17, 15) is 14.4 Å². The molecule has 1 fully saturated rings. The number of aliphatic imine (C=N–C) groups is 1. The molecule has 0 bridgehead atoms. The molecule has 1 N–H and O–H groups in total. The van der Waals surface area contributed by atoms with Gasteiger partial charge >= 0.3 is 6.09 Å². The smallest absolute Gasteiger partial charge is 0.409 e. The second-order valence-electron chi connectivity index (χ2n) is 11.4. The van der Waals surface area contributed by atoms with Crippen LogP contribution < -0.4 is 10.2 Å². The topological polar surface area (TPSA) is 88.1 Å². The Morgan fingerprint density at radius 3 is 2.24 bits per heavy atom. The number of ketones is 1. The highest BCUT2D eigenvalue weighted by Gasteiger charge is 2.41. The summed E-state index contributed by atoms with van der Waals surface area (Å²) < 4.78 is 5.43. The van der Waals surface area contributed by atoms with Crippen molar-refractivity contribution in [3.63, 3.8) is 0 Å². The van der Waals surface area contributed by atoms with Crippen molar-refractivity contribution in [3.8, 4) is 0 Å². The summed E-state index contributed by atoms with van der Waals surface area (Å²) in [6.07, 6.45) is 3.45. The van der Waals surface area contributed by atoms with Gasteiger partial charge < -0.3 is 9.64 Å². The second-order valence-corrected chi connectivity index (χ2v) is 11.4. The van der Waals surface area contributed by atoms with Gasteiger partial charge in [-0.3, -0.25) is 14.9 Å². The zero-order valence-corrected chi connectivity index (χ0v) is 23.7. The van der Waals surface area contributed by atoms with E-state index in [1.165, 1.54) is 11.3 Å². The van der Waals surface area contributed by atoms with Crippen LogP contribution in [-0.4, -0.2) is 36.2 Å². The normalized spacial score (nSPS) is 17.7. The highest BCUT2D eigenvalue weighted by Crippen LogP contribution is 2.39. The second kappa shape index (κ2) is 12.5. The van der Waals surface area contributed by atoms with Gasteiger partial charge in [0.05, 0.1) is 17.9 Å². The van der Waals surface area contributed by atoms with Gasteiger partial charge in [0.1, 0.15) is 6.61 Å². The van der Waals surface area contributed by atoms with E-state index in [0.717, 1.165) is 42.4 Å². The number of amides is 2. The molecule has 1 atom stereocenters. The Morgan fingerprint density at radius 2 is 1.54 bits per heavy atom. The molecule has 212 valence electrons. The van der Waals surface area contributed by atoms with Crippen molar-refractivity contribution in [2.45, 2.75) is 58.7 Å². The first-order chi connectivity index (χ1) is 19.8. The molecule has 5 rings (SSSR count). The molecule has 3 aromatic rings. The minimum Gasteiger partial charge on any atom is -0.445 e. The fourth-order valence-corrected chi connectivity index (χ4v) is 5.79. The van der Waals surface area contributed by atoms with Crippen LogP contribution in [0.3, 0.4) is 0 Å². The van der Waals surface area contributed by atoms with Crippen molar-refractivity contribution in [1.29, 1.82) is 0 Å². The Hall–Kier alpha value is -4.26. The molecule has 0 spiro atoms. The molecule has 1 unspecified atom stereocenters. The third kappa shape index (κ3) is 6.40. The summed E-state index contributed by atoms with van der Waals surface area (Å²) in [5.74, 6) is -0.201. The molecule has 0 saturated heterocycles. The Bertz CT molecular complexity index is 1410. The molecule has 41 heavy (non-hydrogen) atoms. The lowest BCUT2D eigenvalue weighted by atomic mass is 9.68. The number of carbonyl (C=O) groups is 3. The standard InChI is InChI=1S/C34H37N3O4/c1-34(2,26-18-10-5-11-19-26)29(38)22-37-28-21-13-12-20-27(28)30(25-16-8-4-9-17-25)35-31(32(37)39)36-33(40)41-23-24-14-6-3-7-15-24/h3-4,6-9,12-17,20-21,26,31H,5,10-11,18-19,22-23H2,1-2H3,(H,36,40). The van der Waals surface area contributed by atoms with Crippen molar-refractivity contribution in [1.82, 2.24) is 5.32 Å². The molecule has 7 heteroatoms. The molecule has 1 saturated carbocycles. The van der Waals surface area contributed by atoms with Crippen molar-refractivity contribution in [2.75, 3.05) is 11.4 Å². The highest BCUT2D eigenvalue weighted by atomic mass is 16.5. The Labute approximate surface area is 241 Å². The molecule has 1 aliphatic heterocycles. The summed E-state index contributed by atoms with van der Waals surface area (Å²) in [5, 5.41) is 2.67. The van der Waals surface area contributed by atoms with Gasteiger partial charge in [-0.15, -0.1) is 0 Å². The minimum absolute atomic E-state index is 0.00104. The number of anilines is 1. The van der Waals surface area contributed by atoms with Crippen molar-refractivity contribution < 1.29 is 19.1 Å². The molecular weight excluding hydrogens is 514 g/mol. The van der Waals surface area contributed by atoms with Crippen molar-refractivity contribution >= 4 is 29.2 Å². The lowest BCUT2D eigenvalue weighted by Crippen LogP contribution is -2.51. The van der Waals surface area contributed by atoms with Crippen LogP contribution in [0.4, 0.5) is 10.5 Å². The number of hydrogen-bond donors (Lipinski definition) is 1. The van der Waals surface area contributed by atoms with E-state index in [-0.39, 0.29) is 24.9 Å². The van der Waals surface area contributed by atoms with Gasteiger partial charge in [0.15, 0.2) is 5.78 Å². The maximum Gasteiger partial charge on any atom is 0.409 e. The van der Waals surface area contributed by atoms with E-state index in [0.29, 0.717) is 11.4 Å². The average Bonchev–Trinajstić information content (AvgIpc) is 3.12. The van der Waals surface area contributed by atoms with E-state index >= 15 is 0 Å². The van der Waals surface area contributed by atoms with Crippen LogP contribution in [-0.2, 0) is 20.9 Å². The van der Waals surface area contributed by atoms with Gasteiger partial charge in [-0.05, 0) is 30.4 Å². The third-order valence-corrected chi connectivity index (χ3v) is 8.37. The molecule has 0 radical (unpaired) electrons. The summed E-state index contributed by atoms with van der Waals surface area (Å²) in [7, 11) is 0. The Kier molecular flexibility index (Phi) is 8.62. The van der Waals surface area contributed by atoms with Gasteiger partial charge in [0.25, 0.3) is 5.91 Å². The number of nitrogens with one attached hydrogen (secondary N) is 1. The number of carbonyl (C=O) groups excluding carboxylic acids is 3. The average molecular weight is 552 g/mol. The highest BCUT2D eigenvalue weighted by molar-refractivity contribution is 6.21. The fraction of sp³-hybridized carbons (Fsp3) is 0.353. The number of fused-ring (bicyclic) bond motifs is 1. The molecule has 0 aromatic heterocycles. The van der Waals surface area contributed by atoms with Gasteiger partial charge in [-0.2, -0.15) is 0 Å². The van der Waals surface area contributed by atoms with Crippen LogP contribution in [0.5, 0.6) is 0 Å². The summed E-state index contributed by atoms with van der Waals surface area (Å²) >= 11 is 0. The molecule has 2 aliphatic rings. The van der Waals surface area contributed by atoms with Gasteiger partial charge in [-0.25, -0.2) is 9.79 Å². The summed E-state index contributed by atoms with van der Waals surface area (Å²) in [6.45, 7) is 3.96. The third-order valence-electron chi connectivity index (χ3n) is 8.37. The van der Waals surface area contributed by atoms with Crippen LogP contribution in [0.1, 0.15) is 62.6 Å². The monoisotopic (exact) mass is 551 g/mol. The number of benzodiazepines with no additional fused rings is 1. The van der Waals surface area contributed by atoms with Crippen LogP contribution in [0, 0.1) is 11.3 Å². The van der Waals surface area contributed by atoms with Gasteiger partial charge in [0.2, 0.25) is 6.17 Å². The van der Waals surface area contributed by atoms with E-state index in [1.807, 2.05) is 98.8 Å². The predicted molar refractivity (Wildman–Crippen MR) is 160 cm³/mol. The number of ether oxygens (including phenoxy) is 1. The quantitative estimate of drug-likeness (QED) is 0.356. The zero-order valence-electron chi connectivity index (χ0n) is 23.7. The van der Waals surface area contributed by atoms with E-state index < -0.39 is 23.6 Å². The molecule has 2 amide bonds. The predicted octanol–water partition coefficient (Wildman–Crippen LogP) is 6.30. The molecule has 7 nitrogen and oxygen atoms in total. The van der Waals surface area contributed by atoms with Crippen LogP contribution >= 0.6 is 0 Å². The van der Waals surface area contributed by atoms with Crippen LogP contribution in [0.2, 0.25) is 0 Å². The molecular formula is C34H37N3O4. The Morgan fingerprint density at radius 1 is 0.902 bits per heavy atom. The number of Topliss-reactive ketones (excluding diaryl/α,β-unsaturated/α-hetero) is 1. The largest absolute Gasteiger partial charge is 0.445 e. The first kappa shape index (κ1) is 28.3. The number of para-hydroxylation sites is 1. The van der Waals surface area contributed by atoms with Gasteiger partial charge in [0, 0.05) is 16.5 Å². The van der Waals surface area contributed by atoms with E-state index in [1.54, 1.807) is 0 Å². The zero-order chi connectivity index (χ0) is 28.8. The first-order valence-electron chi connectivity index (χ1n) is 14.4. The summed E-state index contributed by atoms with van der Waals surface area (Å²) in [6, 6.07) is 26.3. The number of nitrogens with zero attached hydrogens (tertiary/aromatic N) is 2. The SMILES string of the molecule is CC(C)(C(=O)CN1C(=O)C(NC(=O)OCc2ccccc2)N=C(c2ccccc2)c2ccccc21)C1CCCCC1. The Balaban J connectivity index is 1.47. The number of rotatable bonds is 8. The lowest BCUT2D eigenvalue weighted by molar-refractivity contribution is -0.131. The van der Waals surface area contributed by atoms with Crippen molar-refractivity contribution in [3.05, 3.63) is 102 Å². The van der Waals surface area contributed by atoms with Crippen molar-refractivity contribution in [2.24, 2.45) is 16.3 Å². The molecule has 3 aromatic carbocycles. The summed E-state index contributed by atoms with van der Waals surface area (Å²) in [5.41, 5.74) is 2.92. The fourth-order valence-electron chi connectivity index (χ4n) is 5.79. The number of hydrogen-bond acceptors (Lipinski definition) is 5. The maximum absolute atomic E-state index is 14.1.